The van der Waals surface area contributed by atoms with Gasteiger partial charge in [0.15, 0.2) is 0 Å². The van der Waals surface area contributed by atoms with E-state index in [1.165, 1.54) is 27.5 Å². The molecule has 0 N–H and O–H groups in total. The van der Waals surface area contributed by atoms with Crippen LogP contribution in [0, 0.1) is 0 Å². The van der Waals surface area contributed by atoms with E-state index >= 15 is 0 Å². The number of fused-ring (bicyclic) bond motifs is 1. The van der Waals surface area contributed by atoms with Gasteiger partial charge in [0.25, 0.3) is 0 Å². The van der Waals surface area contributed by atoms with Crippen molar-refractivity contribution in [2.75, 3.05) is 0 Å². The molecule has 0 aromatic heterocycles. The largest absolute Gasteiger partial charge is 0.113 e. The molecule has 1 atom stereocenters. The van der Waals surface area contributed by atoms with Gasteiger partial charge in [0.2, 0.25) is 0 Å². The van der Waals surface area contributed by atoms with Crippen LogP contribution in [0.15, 0.2) is 85.0 Å². The van der Waals surface area contributed by atoms with Crippen LogP contribution in [0.4, 0.5) is 0 Å². The standard InChI is InChI=1S/C22H17B/c23-20-14-12-17(13-15-20)16-8-10-19(11-9-16)22-7-3-5-18-4-1-2-6-21(18)22/h1-10,12-15,19H,11H2. The normalized spacial score (nSPS) is 17.2. The van der Waals surface area contributed by atoms with Crippen molar-refractivity contribution in [3.8, 4) is 0 Å². The zero-order valence-corrected chi connectivity index (χ0v) is 12.9. The monoisotopic (exact) mass is 292 g/mol. The molecule has 0 bridgehead atoms. The molecule has 0 nitrogen and oxygen atoms in total. The Morgan fingerprint density at radius 2 is 1.61 bits per heavy atom. The van der Waals surface area contributed by atoms with Crippen molar-refractivity contribution >= 4 is 29.7 Å². The Morgan fingerprint density at radius 3 is 2.39 bits per heavy atom. The minimum absolute atomic E-state index is 0.443. The van der Waals surface area contributed by atoms with Crippen molar-refractivity contribution in [3.63, 3.8) is 0 Å². The van der Waals surface area contributed by atoms with Crippen molar-refractivity contribution in [3.05, 3.63) is 96.1 Å². The van der Waals surface area contributed by atoms with E-state index in [4.69, 9.17) is 7.85 Å². The van der Waals surface area contributed by atoms with Gasteiger partial charge in [-0.2, -0.15) is 0 Å². The van der Waals surface area contributed by atoms with Gasteiger partial charge in [0.05, 0.1) is 0 Å². The van der Waals surface area contributed by atoms with Gasteiger partial charge in [-0.3, -0.25) is 0 Å². The van der Waals surface area contributed by atoms with Crippen LogP contribution in [0.25, 0.3) is 16.3 Å². The molecule has 0 spiro atoms. The lowest BCUT2D eigenvalue weighted by Gasteiger charge is -2.19. The van der Waals surface area contributed by atoms with Crippen LogP contribution < -0.4 is 5.46 Å². The van der Waals surface area contributed by atoms with Gasteiger partial charge in [0.1, 0.15) is 7.85 Å². The highest BCUT2D eigenvalue weighted by atomic mass is 14.2. The Labute approximate surface area is 138 Å². The molecule has 3 aromatic carbocycles. The van der Waals surface area contributed by atoms with Crippen LogP contribution in [0.5, 0.6) is 0 Å². The highest BCUT2D eigenvalue weighted by molar-refractivity contribution is 6.32. The van der Waals surface area contributed by atoms with Crippen LogP contribution in [0.2, 0.25) is 0 Å². The van der Waals surface area contributed by atoms with E-state index in [2.05, 4.69) is 72.8 Å². The van der Waals surface area contributed by atoms with Crippen molar-refractivity contribution in [1.82, 2.24) is 0 Å². The van der Waals surface area contributed by atoms with Crippen molar-refractivity contribution in [2.24, 2.45) is 0 Å². The van der Waals surface area contributed by atoms with Gasteiger partial charge in [-0.25, -0.2) is 0 Å². The van der Waals surface area contributed by atoms with E-state index in [-0.39, 0.29) is 0 Å². The zero-order chi connectivity index (χ0) is 15.6. The molecule has 2 radical (unpaired) electrons. The number of hydrogen-bond acceptors (Lipinski definition) is 0. The molecule has 0 saturated carbocycles. The second-order valence-electron chi connectivity index (χ2n) is 6.05. The quantitative estimate of drug-likeness (QED) is 0.597. The first-order valence-electron chi connectivity index (χ1n) is 8.03. The molecule has 0 fully saturated rings. The maximum atomic E-state index is 5.77. The lowest BCUT2D eigenvalue weighted by Crippen LogP contribution is -2.02. The third-order valence-corrected chi connectivity index (χ3v) is 4.57. The highest BCUT2D eigenvalue weighted by Crippen LogP contribution is 2.34. The molecule has 1 aliphatic rings. The Kier molecular flexibility index (Phi) is 3.63. The second kappa shape index (κ2) is 5.93. The first-order chi connectivity index (χ1) is 11.3. The lowest BCUT2D eigenvalue weighted by atomic mass is 9.85. The summed E-state index contributed by atoms with van der Waals surface area (Å²) in [6, 6.07) is 23.3. The van der Waals surface area contributed by atoms with Crippen LogP contribution in [-0.2, 0) is 0 Å². The molecule has 0 aliphatic heterocycles. The fourth-order valence-corrected chi connectivity index (χ4v) is 3.31. The first kappa shape index (κ1) is 14.1. The van der Waals surface area contributed by atoms with E-state index in [0.717, 1.165) is 11.9 Å². The number of allylic oxidation sites excluding steroid dienone is 4. The highest BCUT2D eigenvalue weighted by Gasteiger charge is 2.14. The summed E-state index contributed by atoms with van der Waals surface area (Å²) < 4.78 is 0. The smallest absolute Gasteiger partial charge is 0.0966 e. The van der Waals surface area contributed by atoms with Gasteiger partial charge in [-0.15, -0.1) is 0 Å². The van der Waals surface area contributed by atoms with Gasteiger partial charge in [0, 0.05) is 5.92 Å². The lowest BCUT2D eigenvalue weighted by molar-refractivity contribution is 0.865. The van der Waals surface area contributed by atoms with Gasteiger partial charge < -0.3 is 0 Å². The predicted molar refractivity (Wildman–Crippen MR) is 100 cm³/mol. The Balaban J connectivity index is 1.64. The van der Waals surface area contributed by atoms with E-state index in [1.54, 1.807) is 0 Å². The SMILES string of the molecule is [B]c1ccc(C2=CCC(c3cccc4ccccc34)C=C2)cc1. The summed E-state index contributed by atoms with van der Waals surface area (Å²) in [7, 11) is 5.77. The summed E-state index contributed by atoms with van der Waals surface area (Å²) in [5, 5.41) is 2.67. The molecule has 1 heteroatoms. The van der Waals surface area contributed by atoms with Crippen molar-refractivity contribution in [2.45, 2.75) is 12.3 Å². The van der Waals surface area contributed by atoms with Gasteiger partial charge >= 0.3 is 0 Å². The van der Waals surface area contributed by atoms with E-state index in [0.29, 0.717) is 5.92 Å². The second-order valence-corrected chi connectivity index (χ2v) is 6.05. The average molecular weight is 292 g/mol. The molecule has 1 aliphatic carbocycles. The fourth-order valence-electron chi connectivity index (χ4n) is 3.31. The fraction of sp³-hybridized carbons (Fsp3) is 0.0909. The summed E-state index contributed by atoms with van der Waals surface area (Å²) in [6.45, 7) is 0. The van der Waals surface area contributed by atoms with Crippen molar-refractivity contribution < 1.29 is 0 Å². The molecule has 4 rings (SSSR count). The molecule has 23 heavy (non-hydrogen) atoms. The maximum absolute atomic E-state index is 5.77. The summed E-state index contributed by atoms with van der Waals surface area (Å²) >= 11 is 0. The average Bonchev–Trinajstić information content (AvgIpc) is 2.62. The molecule has 3 aromatic rings. The van der Waals surface area contributed by atoms with Gasteiger partial charge in [-0.1, -0.05) is 90.4 Å². The molecular weight excluding hydrogens is 275 g/mol. The zero-order valence-electron chi connectivity index (χ0n) is 12.9. The molecule has 0 heterocycles. The number of hydrogen-bond donors (Lipinski definition) is 0. The first-order valence-corrected chi connectivity index (χ1v) is 8.03. The molecule has 1 unspecified atom stereocenters. The third-order valence-electron chi connectivity index (χ3n) is 4.57. The maximum Gasteiger partial charge on any atom is 0.113 e. The van der Waals surface area contributed by atoms with Crippen LogP contribution in [0.3, 0.4) is 0 Å². The van der Waals surface area contributed by atoms with Crippen LogP contribution >= 0.6 is 0 Å². The predicted octanol–water partition coefficient (Wildman–Crippen LogP) is 4.76. The van der Waals surface area contributed by atoms with E-state index in [9.17, 15) is 0 Å². The summed E-state index contributed by atoms with van der Waals surface area (Å²) in [4.78, 5) is 0. The summed E-state index contributed by atoms with van der Waals surface area (Å²) in [5.74, 6) is 0.443. The minimum Gasteiger partial charge on any atom is -0.0966 e. The Bertz CT molecular complexity index is 895. The van der Waals surface area contributed by atoms with E-state index in [1.807, 2.05) is 12.1 Å². The van der Waals surface area contributed by atoms with Gasteiger partial charge in [-0.05, 0) is 33.9 Å². The minimum atomic E-state index is 0.443. The molecule has 108 valence electrons. The van der Waals surface area contributed by atoms with E-state index < -0.39 is 0 Å². The summed E-state index contributed by atoms with van der Waals surface area (Å²) in [6.07, 6.45) is 7.93. The Morgan fingerprint density at radius 1 is 0.826 bits per heavy atom. The number of benzene rings is 3. The van der Waals surface area contributed by atoms with Crippen LogP contribution in [0.1, 0.15) is 23.5 Å². The van der Waals surface area contributed by atoms with Crippen LogP contribution in [-0.4, -0.2) is 7.85 Å². The molecule has 0 saturated heterocycles. The Hall–Kier alpha value is -2.54. The molecule has 0 amide bonds. The third kappa shape index (κ3) is 2.75. The van der Waals surface area contributed by atoms with Crippen molar-refractivity contribution in [1.29, 1.82) is 0 Å². The summed E-state index contributed by atoms with van der Waals surface area (Å²) in [5.41, 5.74) is 4.73. The molecular formula is C22H17B. The number of rotatable bonds is 2. The topological polar surface area (TPSA) is 0 Å².